The Morgan fingerprint density at radius 2 is 1.61 bits per heavy atom. The number of phenols is 1. The van der Waals surface area contributed by atoms with Crippen molar-refractivity contribution >= 4 is 9.84 Å². The van der Waals surface area contributed by atoms with Gasteiger partial charge in [-0.1, -0.05) is 42.5 Å². The zero-order valence-electron chi connectivity index (χ0n) is 18.8. The number of phenolic OH excluding ortho intramolecular Hbond substituents is 1. The summed E-state index contributed by atoms with van der Waals surface area (Å²) in [5.41, 5.74) is 2.44. The van der Waals surface area contributed by atoms with Crippen molar-refractivity contribution in [1.82, 2.24) is 4.90 Å². The van der Waals surface area contributed by atoms with E-state index < -0.39 is 9.84 Å². The molecule has 0 spiro atoms. The lowest BCUT2D eigenvalue weighted by Gasteiger charge is -2.16. The Morgan fingerprint density at radius 3 is 2.33 bits per heavy atom. The average molecular weight is 466 g/mol. The van der Waals surface area contributed by atoms with Gasteiger partial charge < -0.3 is 14.7 Å². The largest absolute Gasteiger partial charge is 0.508 e. The number of sulfone groups is 1. The van der Waals surface area contributed by atoms with Gasteiger partial charge in [-0.05, 0) is 86.3 Å². The van der Waals surface area contributed by atoms with Gasteiger partial charge in [-0.15, -0.1) is 0 Å². The van der Waals surface area contributed by atoms with E-state index in [4.69, 9.17) is 4.74 Å². The van der Waals surface area contributed by atoms with Crippen LogP contribution in [0.25, 0.3) is 0 Å². The van der Waals surface area contributed by atoms with Crippen LogP contribution in [0.4, 0.5) is 0 Å². The van der Waals surface area contributed by atoms with E-state index in [0.717, 1.165) is 43.7 Å². The van der Waals surface area contributed by atoms with Crippen LogP contribution < -0.4 is 4.74 Å². The summed E-state index contributed by atoms with van der Waals surface area (Å²) in [6, 6.07) is 24.3. The fraction of sp³-hybridized carbons (Fsp3) is 0.333. The molecule has 6 heteroatoms. The Labute approximate surface area is 196 Å². The topological polar surface area (TPSA) is 66.8 Å². The van der Waals surface area contributed by atoms with E-state index >= 15 is 0 Å². The zero-order valence-corrected chi connectivity index (χ0v) is 19.6. The maximum absolute atomic E-state index is 12.8. The molecular formula is C27H31NO4S. The van der Waals surface area contributed by atoms with Crippen LogP contribution in [0.2, 0.25) is 0 Å². The van der Waals surface area contributed by atoms with Crippen molar-refractivity contribution in [2.45, 2.75) is 42.4 Å². The van der Waals surface area contributed by atoms with Gasteiger partial charge in [0.25, 0.3) is 0 Å². The van der Waals surface area contributed by atoms with E-state index in [2.05, 4.69) is 29.2 Å². The van der Waals surface area contributed by atoms with Crippen molar-refractivity contribution < 1.29 is 18.3 Å². The number of likely N-dealkylation sites (tertiary alicyclic amines) is 1. The molecular weight excluding hydrogens is 434 g/mol. The molecule has 3 aromatic rings. The number of ether oxygens (including phenoxy) is 1. The highest BCUT2D eigenvalue weighted by Gasteiger charge is 2.33. The highest BCUT2D eigenvalue weighted by atomic mass is 32.2. The summed E-state index contributed by atoms with van der Waals surface area (Å²) in [6.45, 7) is 2.88. The van der Waals surface area contributed by atoms with Gasteiger partial charge in [-0.3, -0.25) is 0 Å². The molecule has 0 aliphatic carbocycles. The Kier molecular flexibility index (Phi) is 7.68. The highest BCUT2D eigenvalue weighted by molar-refractivity contribution is 7.92. The number of nitrogens with zero attached hydrogens (tertiary/aromatic N) is 1. The molecule has 1 unspecified atom stereocenters. The summed E-state index contributed by atoms with van der Waals surface area (Å²) in [4.78, 5) is 2.55. The van der Waals surface area contributed by atoms with E-state index in [1.54, 1.807) is 0 Å². The molecule has 174 valence electrons. The molecule has 0 saturated carbocycles. The van der Waals surface area contributed by atoms with Gasteiger partial charge in [0.05, 0.1) is 10.1 Å². The summed E-state index contributed by atoms with van der Waals surface area (Å²) >= 11 is 0. The monoisotopic (exact) mass is 465 g/mol. The van der Waals surface area contributed by atoms with Crippen LogP contribution >= 0.6 is 0 Å². The third-order valence-electron chi connectivity index (χ3n) is 6.19. The van der Waals surface area contributed by atoms with Crippen molar-refractivity contribution in [3.63, 3.8) is 0 Å². The van der Waals surface area contributed by atoms with Gasteiger partial charge in [-0.25, -0.2) is 8.42 Å². The molecule has 1 atom stereocenters. The molecule has 5 nitrogen and oxygen atoms in total. The van der Waals surface area contributed by atoms with Gasteiger partial charge in [0.15, 0.2) is 9.84 Å². The molecule has 1 saturated heterocycles. The maximum Gasteiger partial charge on any atom is 0.182 e. The van der Waals surface area contributed by atoms with E-state index in [-0.39, 0.29) is 11.0 Å². The molecule has 1 fully saturated rings. The molecule has 1 aliphatic rings. The summed E-state index contributed by atoms with van der Waals surface area (Å²) in [5, 5.41) is 9.03. The first-order valence-electron chi connectivity index (χ1n) is 11.5. The highest BCUT2D eigenvalue weighted by Crippen LogP contribution is 2.25. The smallest absolute Gasteiger partial charge is 0.182 e. The fourth-order valence-corrected chi connectivity index (χ4v) is 5.96. The number of aromatic hydroxyl groups is 1. The first-order chi connectivity index (χ1) is 16.0. The third kappa shape index (κ3) is 6.36. The van der Waals surface area contributed by atoms with Crippen LogP contribution in [-0.4, -0.2) is 43.3 Å². The van der Waals surface area contributed by atoms with Crippen LogP contribution in [0.1, 0.15) is 30.4 Å². The molecule has 4 rings (SSSR count). The van der Waals surface area contributed by atoms with Crippen molar-refractivity contribution in [3.8, 4) is 11.5 Å². The van der Waals surface area contributed by atoms with Gasteiger partial charge in [0.2, 0.25) is 0 Å². The molecule has 1 aliphatic heterocycles. The van der Waals surface area contributed by atoms with E-state index in [1.165, 1.54) is 29.8 Å². The predicted molar refractivity (Wildman–Crippen MR) is 130 cm³/mol. The Hall–Kier alpha value is -2.83. The summed E-state index contributed by atoms with van der Waals surface area (Å²) < 4.78 is 31.5. The number of aryl methyl sites for hydroxylation is 1. The number of rotatable bonds is 10. The quantitative estimate of drug-likeness (QED) is 0.434. The maximum atomic E-state index is 12.8. The van der Waals surface area contributed by atoms with Crippen LogP contribution in [0.3, 0.4) is 0 Å². The fourth-order valence-electron chi connectivity index (χ4n) is 4.24. The molecule has 3 aromatic carbocycles. The number of benzene rings is 3. The number of hydrogen-bond acceptors (Lipinski definition) is 5. The zero-order chi connectivity index (χ0) is 23.1. The van der Waals surface area contributed by atoms with Crippen molar-refractivity contribution in [3.05, 3.63) is 90.0 Å². The van der Waals surface area contributed by atoms with Crippen LogP contribution in [0, 0.1) is 0 Å². The molecule has 0 bridgehead atoms. The van der Waals surface area contributed by atoms with Gasteiger partial charge in [0.1, 0.15) is 18.1 Å². The summed E-state index contributed by atoms with van der Waals surface area (Å²) in [6.07, 6.45) is 3.77. The van der Waals surface area contributed by atoms with Gasteiger partial charge in [0, 0.05) is 6.54 Å². The van der Waals surface area contributed by atoms with Gasteiger partial charge in [-0.2, -0.15) is 0 Å². The summed E-state index contributed by atoms with van der Waals surface area (Å²) in [5.74, 6) is 0.955. The first kappa shape index (κ1) is 23.3. The molecule has 1 heterocycles. The first-order valence-corrected chi connectivity index (χ1v) is 13.1. The Morgan fingerprint density at radius 1 is 0.879 bits per heavy atom. The van der Waals surface area contributed by atoms with Crippen molar-refractivity contribution in [1.29, 1.82) is 0 Å². The van der Waals surface area contributed by atoms with E-state index in [1.807, 2.05) is 30.3 Å². The Bertz CT molecular complexity index is 1110. The Balaban J connectivity index is 1.17. The SMILES string of the molecule is O=S(=O)(c1ccc(O)cc1)C1CCN(CCCCc2ccc(OCc3ccccc3)cc2)C1. The second-order valence-corrected chi connectivity index (χ2v) is 10.9. The molecule has 0 aromatic heterocycles. The lowest BCUT2D eigenvalue weighted by molar-refractivity contribution is 0.306. The van der Waals surface area contributed by atoms with Crippen molar-refractivity contribution in [2.24, 2.45) is 0 Å². The minimum atomic E-state index is -3.35. The molecule has 33 heavy (non-hydrogen) atoms. The van der Waals surface area contributed by atoms with Crippen LogP contribution in [0.5, 0.6) is 11.5 Å². The normalized spacial score (nSPS) is 16.7. The second-order valence-electron chi connectivity index (χ2n) is 8.63. The standard InChI is InChI=1S/C27H31NO4S/c29-24-11-15-26(16-12-24)33(30,31)27-17-19-28(20-27)18-5-4-6-22-9-13-25(14-10-22)32-21-23-7-2-1-3-8-23/h1-3,7-16,27,29H,4-6,17-21H2. The minimum absolute atomic E-state index is 0.0800. The minimum Gasteiger partial charge on any atom is -0.508 e. The molecule has 0 amide bonds. The van der Waals surface area contributed by atoms with Crippen molar-refractivity contribution in [2.75, 3.05) is 19.6 Å². The average Bonchev–Trinajstić information content (AvgIpc) is 3.32. The predicted octanol–water partition coefficient (Wildman–Crippen LogP) is 4.84. The third-order valence-corrected chi connectivity index (χ3v) is 8.39. The van der Waals surface area contributed by atoms with E-state index in [0.29, 0.717) is 24.5 Å². The van der Waals surface area contributed by atoms with Gasteiger partial charge >= 0.3 is 0 Å². The summed E-state index contributed by atoms with van der Waals surface area (Å²) in [7, 11) is -3.35. The van der Waals surface area contributed by atoms with Crippen LogP contribution in [-0.2, 0) is 22.9 Å². The second kappa shape index (κ2) is 10.9. The molecule has 1 N–H and O–H groups in total. The van der Waals surface area contributed by atoms with E-state index in [9.17, 15) is 13.5 Å². The number of unbranched alkanes of at least 4 members (excludes halogenated alkanes) is 1. The lowest BCUT2D eigenvalue weighted by atomic mass is 10.1. The number of hydrogen-bond donors (Lipinski definition) is 1. The molecule has 0 radical (unpaired) electrons. The lowest BCUT2D eigenvalue weighted by Crippen LogP contribution is -2.27. The van der Waals surface area contributed by atoms with Crippen LogP contribution in [0.15, 0.2) is 83.8 Å².